The van der Waals surface area contributed by atoms with Crippen LogP contribution in [-0.4, -0.2) is 34.6 Å². The van der Waals surface area contributed by atoms with E-state index in [0.717, 1.165) is 13.0 Å². The zero-order valence-electron chi connectivity index (χ0n) is 12.0. The highest BCUT2D eigenvalue weighted by molar-refractivity contribution is 5.67. The van der Waals surface area contributed by atoms with Crippen LogP contribution in [0.4, 0.5) is 0 Å². The first kappa shape index (κ1) is 13.9. The number of carboxylic acid groups (broad SMARTS) is 1. The van der Waals surface area contributed by atoms with Gasteiger partial charge in [0, 0.05) is 12.1 Å². The quantitative estimate of drug-likeness (QED) is 0.840. The molecule has 0 aromatic rings. The molecule has 0 radical (unpaired) electrons. The lowest BCUT2D eigenvalue weighted by molar-refractivity contribution is -0.139. The van der Waals surface area contributed by atoms with E-state index in [0.29, 0.717) is 23.8 Å². The van der Waals surface area contributed by atoms with Gasteiger partial charge in [-0.15, -0.1) is 0 Å². The van der Waals surface area contributed by atoms with Gasteiger partial charge in [-0.05, 0) is 43.6 Å². The summed E-state index contributed by atoms with van der Waals surface area (Å²) in [4.78, 5) is 13.5. The number of piperidine rings is 1. The minimum absolute atomic E-state index is 0.276. The SMILES string of the molecule is CC1CC(C)(C)CC1N1CCCCC1CC(=O)O. The summed E-state index contributed by atoms with van der Waals surface area (Å²) < 4.78 is 0. The van der Waals surface area contributed by atoms with Gasteiger partial charge in [0.1, 0.15) is 0 Å². The average Bonchev–Trinajstić information content (AvgIpc) is 2.52. The highest BCUT2D eigenvalue weighted by Crippen LogP contribution is 2.44. The summed E-state index contributed by atoms with van der Waals surface area (Å²) in [5.41, 5.74) is 0.426. The van der Waals surface area contributed by atoms with E-state index in [1.165, 1.54) is 25.7 Å². The number of carboxylic acids is 1. The summed E-state index contributed by atoms with van der Waals surface area (Å²) in [6, 6.07) is 0.877. The molecule has 3 unspecified atom stereocenters. The Morgan fingerprint density at radius 1 is 1.33 bits per heavy atom. The summed E-state index contributed by atoms with van der Waals surface area (Å²) >= 11 is 0. The smallest absolute Gasteiger partial charge is 0.304 e. The first-order valence-corrected chi connectivity index (χ1v) is 7.36. The average molecular weight is 253 g/mol. The van der Waals surface area contributed by atoms with Crippen LogP contribution in [0.1, 0.15) is 59.3 Å². The molecule has 1 saturated carbocycles. The van der Waals surface area contributed by atoms with Crippen LogP contribution in [0.5, 0.6) is 0 Å². The minimum Gasteiger partial charge on any atom is -0.481 e. The minimum atomic E-state index is -0.642. The summed E-state index contributed by atoms with van der Waals surface area (Å²) in [5, 5.41) is 9.07. The number of hydrogen-bond acceptors (Lipinski definition) is 2. The Kier molecular flexibility index (Phi) is 4.00. The van der Waals surface area contributed by atoms with Crippen molar-refractivity contribution in [3.05, 3.63) is 0 Å². The van der Waals surface area contributed by atoms with Crippen molar-refractivity contribution in [3.63, 3.8) is 0 Å². The fourth-order valence-corrected chi connectivity index (χ4v) is 4.18. The van der Waals surface area contributed by atoms with Crippen molar-refractivity contribution in [1.82, 2.24) is 4.90 Å². The Balaban J connectivity index is 2.07. The van der Waals surface area contributed by atoms with Gasteiger partial charge >= 0.3 is 5.97 Å². The van der Waals surface area contributed by atoms with E-state index in [9.17, 15) is 4.79 Å². The lowest BCUT2D eigenvalue weighted by Gasteiger charge is -2.41. The zero-order chi connectivity index (χ0) is 13.3. The third-order valence-electron chi connectivity index (χ3n) is 4.80. The first-order chi connectivity index (χ1) is 8.39. The molecule has 3 atom stereocenters. The van der Waals surface area contributed by atoms with E-state index >= 15 is 0 Å². The second kappa shape index (κ2) is 5.20. The van der Waals surface area contributed by atoms with E-state index in [1.807, 2.05) is 0 Å². The van der Waals surface area contributed by atoms with Gasteiger partial charge in [-0.2, -0.15) is 0 Å². The number of hydrogen-bond donors (Lipinski definition) is 1. The van der Waals surface area contributed by atoms with E-state index in [1.54, 1.807) is 0 Å². The number of likely N-dealkylation sites (tertiary alicyclic amines) is 1. The molecular formula is C15H27NO2. The summed E-state index contributed by atoms with van der Waals surface area (Å²) in [7, 11) is 0. The lowest BCUT2D eigenvalue weighted by atomic mass is 9.90. The monoisotopic (exact) mass is 253 g/mol. The Hall–Kier alpha value is -0.570. The molecule has 104 valence electrons. The van der Waals surface area contributed by atoms with Gasteiger partial charge in [-0.1, -0.05) is 27.2 Å². The van der Waals surface area contributed by atoms with Gasteiger partial charge in [0.15, 0.2) is 0 Å². The topological polar surface area (TPSA) is 40.5 Å². The summed E-state index contributed by atoms with van der Waals surface area (Å²) in [6.07, 6.45) is 6.32. The predicted molar refractivity (Wildman–Crippen MR) is 72.6 cm³/mol. The van der Waals surface area contributed by atoms with Crippen LogP contribution in [0.25, 0.3) is 0 Å². The molecule has 0 amide bonds. The van der Waals surface area contributed by atoms with E-state index in [-0.39, 0.29) is 6.04 Å². The first-order valence-electron chi connectivity index (χ1n) is 7.36. The molecule has 0 aromatic carbocycles. The van der Waals surface area contributed by atoms with Crippen molar-refractivity contribution >= 4 is 5.97 Å². The van der Waals surface area contributed by atoms with Gasteiger partial charge in [0.2, 0.25) is 0 Å². The van der Waals surface area contributed by atoms with Gasteiger partial charge in [-0.3, -0.25) is 9.69 Å². The number of carbonyl (C=O) groups is 1. The fourth-order valence-electron chi connectivity index (χ4n) is 4.18. The number of aliphatic carboxylic acids is 1. The van der Waals surface area contributed by atoms with Crippen molar-refractivity contribution in [2.45, 2.75) is 71.4 Å². The van der Waals surface area contributed by atoms with Crippen LogP contribution in [0, 0.1) is 11.3 Å². The van der Waals surface area contributed by atoms with Crippen molar-refractivity contribution < 1.29 is 9.90 Å². The third kappa shape index (κ3) is 3.05. The maximum Gasteiger partial charge on any atom is 0.304 e. The van der Waals surface area contributed by atoms with Gasteiger partial charge < -0.3 is 5.11 Å². The lowest BCUT2D eigenvalue weighted by Crippen LogP contribution is -2.48. The molecule has 3 heteroatoms. The summed E-state index contributed by atoms with van der Waals surface area (Å²) in [5.74, 6) is 0.0613. The molecule has 2 fully saturated rings. The molecule has 1 aliphatic carbocycles. The highest BCUT2D eigenvalue weighted by Gasteiger charge is 2.42. The van der Waals surface area contributed by atoms with Crippen molar-refractivity contribution in [1.29, 1.82) is 0 Å². The zero-order valence-corrected chi connectivity index (χ0v) is 12.0. The van der Waals surface area contributed by atoms with Gasteiger partial charge in [0.25, 0.3) is 0 Å². The Morgan fingerprint density at radius 2 is 2.06 bits per heavy atom. The fraction of sp³-hybridized carbons (Fsp3) is 0.933. The second-order valence-corrected chi connectivity index (χ2v) is 7.10. The van der Waals surface area contributed by atoms with Crippen LogP contribution in [0.2, 0.25) is 0 Å². The van der Waals surface area contributed by atoms with Gasteiger partial charge in [0.05, 0.1) is 6.42 Å². The maximum atomic E-state index is 11.0. The molecule has 1 N–H and O–H groups in total. The van der Waals surface area contributed by atoms with Crippen LogP contribution < -0.4 is 0 Å². The molecule has 1 aliphatic heterocycles. The molecule has 1 heterocycles. The molecule has 3 nitrogen and oxygen atoms in total. The number of rotatable bonds is 3. The third-order valence-corrected chi connectivity index (χ3v) is 4.80. The van der Waals surface area contributed by atoms with Crippen LogP contribution in [0.15, 0.2) is 0 Å². The molecule has 0 aromatic heterocycles. The normalized spacial score (nSPS) is 36.7. The molecule has 0 spiro atoms. The van der Waals surface area contributed by atoms with E-state index in [2.05, 4.69) is 25.7 Å². The molecule has 1 saturated heterocycles. The molecule has 2 rings (SSSR count). The Bertz CT molecular complexity index is 314. The van der Waals surface area contributed by atoms with E-state index < -0.39 is 5.97 Å². The largest absolute Gasteiger partial charge is 0.481 e. The predicted octanol–water partition coefficient (Wildman–Crippen LogP) is 3.14. The molecular weight excluding hydrogens is 226 g/mol. The summed E-state index contributed by atoms with van der Waals surface area (Å²) in [6.45, 7) is 8.13. The van der Waals surface area contributed by atoms with E-state index in [4.69, 9.17) is 5.11 Å². The van der Waals surface area contributed by atoms with Crippen LogP contribution >= 0.6 is 0 Å². The van der Waals surface area contributed by atoms with Crippen molar-refractivity contribution in [2.24, 2.45) is 11.3 Å². The van der Waals surface area contributed by atoms with Crippen LogP contribution in [-0.2, 0) is 4.79 Å². The molecule has 18 heavy (non-hydrogen) atoms. The van der Waals surface area contributed by atoms with Crippen molar-refractivity contribution in [2.75, 3.05) is 6.54 Å². The second-order valence-electron chi connectivity index (χ2n) is 7.10. The maximum absolute atomic E-state index is 11.0. The van der Waals surface area contributed by atoms with Crippen molar-refractivity contribution in [3.8, 4) is 0 Å². The number of nitrogens with zero attached hydrogens (tertiary/aromatic N) is 1. The molecule has 2 aliphatic rings. The Morgan fingerprint density at radius 3 is 2.61 bits per heavy atom. The highest BCUT2D eigenvalue weighted by atomic mass is 16.4. The standard InChI is InChI=1S/C15H27NO2/c1-11-9-15(2,3)10-13(11)16-7-5-4-6-12(16)8-14(17)18/h11-13H,4-10H2,1-3H3,(H,17,18). The molecule has 0 bridgehead atoms. The Labute approximate surface area is 111 Å². The van der Waals surface area contributed by atoms with Gasteiger partial charge in [-0.25, -0.2) is 0 Å². The van der Waals surface area contributed by atoms with Crippen LogP contribution in [0.3, 0.4) is 0 Å².